The van der Waals surface area contributed by atoms with Gasteiger partial charge in [0.05, 0.1) is 24.9 Å². The summed E-state index contributed by atoms with van der Waals surface area (Å²) in [5, 5.41) is 31.2. The van der Waals surface area contributed by atoms with E-state index in [1.54, 1.807) is 12.1 Å². The van der Waals surface area contributed by atoms with Gasteiger partial charge in [-0.15, -0.1) is 0 Å². The largest absolute Gasteiger partial charge is 0.494 e. The molecule has 0 spiro atoms. The average Bonchev–Trinajstić information content (AvgIpc) is 3.44. The molecule has 4 rings (SSSR count). The van der Waals surface area contributed by atoms with Crippen LogP contribution in [0.2, 0.25) is 5.02 Å². The molecule has 28 heavy (non-hydrogen) atoms. The van der Waals surface area contributed by atoms with E-state index < -0.39 is 23.9 Å². The van der Waals surface area contributed by atoms with Crippen molar-refractivity contribution in [2.75, 3.05) is 13.2 Å². The van der Waals surface area contributed by atoms with E-state index in [0.717, 1.165) is 22.4 Å². The van der Waals surface area contributed by atoms with Crippen LogP contribution in [0.4, 0.5) is 0 Å². The van der Waals surface area contributed by atoms with Gasteiger partial charge in [-0.1, -0.05) is 35.9 Å². The minimum atomic E-state index is -1.04. The summed E-state index contributed by atoms with van der Waals surface area (Å²) >= 11 is 6.41. The fourth-order valence-corrected chi connectivity index (χ4v) is 4.29. The van der Waals surface area contributed by atoms with Crippen molar-refractivity contribution in [1.82, 2.24) is 0 Å². The van der Waals surface area contributed by atoms with Crippen LogP contribution in [0.3, 0.4) is 0 Å². The van der Waals surface area contributed by atoms with Gasteiger partial charge in [0.2, 0.25) is 0 Å². The molecule has 1 saturated carbocycles. The summed E-state index contributed by atoms with van der Waals surface area (Å²) in [7, 11) is 0. The first kappa shape index (κ1) is 19.7. The van der Waals surface area contributed by atoms with Gasteiger partial charge >= 0.3 is 0 Å². The lowest BCUT2D eigenvalue weighted by atomic mass is 9.91. The fraction of sp³-hybridized carbons (Fsp3) is 0.455. The summed E-state index contributed by atoms with van der Waals surface area (Å²) in [5.41, 5.74) is 2.00. The molecule has 0 unspecified atom stereocenters. The highest BCUT2D eigenvalue weighted by molar-refractivity contribution is 6.31. The zero-order valence-corrected chi connectivity index (χ0v) is 16.5. The molecular formula is C22H25ClO5. The van der Waals surface area contributed by atoms with Crippen LogP contribution >= 0.6 is 11.6 Å². The average molecular weight is 405 g/mol. The van der Waals surface area contributed by atoms with Crippen molar-refractivity contribution in [2.45, 2.75) is 43.7 Å². The van der Waals surface area contributed by atoms with Crippen molar-refractivity contribution >= 4 is 11.6 Å². The minimum Gasteiger partial charge on any atom is -0.494 e. The summed E-state index contributed by atoms with van der Waals surface area (Å²) in [6.07, 6.45) is -1.46. The second-order valence-corrected chi connectivity index (χ2v) is 8.06. The Morgan fingerprint density at radius 2 is 1.89 bits per heavy atom. The van der Waals surface area contributed by atoms with Crippen molar-refractivity contribution in [2.24, 2.45) is 5.92 Å². The highest BCUT2D eigenvalue weighted by Crippen LogP contribution is 2.56. The lowest BCUT2D eigenvalue weighted by molar-refractivity contribution is -0.186. The molecule has 0 bridgehead atoms. The van der Waals surface area contributed by atoms with Gasteiger partial charge in [0.25, 0.3) is 0 Å². The zero-order chi connectivity index (χ0) is 19.9. The van der Waals surface area contributed by atoms with Gasteiger partial charge in [-0.05, 0) is 54.7 Å². The molecule has 0 amide bonds. The number of aliphatic hydroxyl groups is 3. The first-order valence-electron chi connectivity index (χ1n) is 9.62. The predicted octanol–water partition coefficient (Wildman–Crippen LogP) is 2.87. The molecule has 2 aromatic rings. The van der Waals surface area contributed by atoms with Crippen LogP contribution in [0, 0.1) is 5.92 Å². The van der Waals surface area contributed by atoms with E-state index in [9.17, 15) is 15.3 Å². The summed E-state index contributed by atoms with van der Waals surface area (Å²) in [6.45, 7) is 2.41. The van der Waals surface area contributed by atoms with Gasteiger partial charge in [-0.2, -0.15) is 0 Å². The van der Waals surface area contributed by atoms with E-state index in [1.807, 2.05) is 37.3 Å². The molecule has 5 atom stereocenters. The molecule has 1 aliphatic carbocycles. The predicted molar refractivity (Wildman–Crippen MR) is 106 cm³/mol. The summed E-state index contributed by atoms with van der Waals surface area (Å²) in [5.74, 6) is 0.617. The standard InChI is InChI=1S/C22H25ClO5/c1-2-27-16-6-3-13(4-7-16)9-15-10-14(5-8-18(15)23)21-20(26)19(25)17-11-22(17,12-24)28-21/h3-8,10,17,19-21,24-26H,2,9,11-12H2,1H3/t17-,19-,20+,21-,22+/m0/s1. The molecule has 3 N–H and O–H groups in total. The molecule has 2 aromatic carbocycles. The second-order valence-electron chi connectivity index (χ2n) is 7.66. The Kier molecular flexibility index (Phi) is 5.38. The van der Waals surface area contributed by atoms with E-state index in [0.29, 0.717) is 24.5 Å². The van der Waals surface area contributed by atoms with Crippen LogP contribution in [0.5, 0.6) is 5.75 Å². The molecule has 1 heterocycles. The number of halogens is 1. The Morgan fingerprint density at radius 3 is 2.57 bits per heavy atom. The van der Waals surface area contributed by atoms with Crippen molar-refractivity contribution in [1.29, 1.82) is 0 Å². The SMILES string of the molecule is CCOc1ccc(Cc2cc([C@@H]3O[C@@]4(CO)C[C@H]4[C@H](O)[C@H]3O)ccc2Cl)cc1. The van der Waals surface area contributed by atoms with Crippen LogP contribution in [-0.4, -0.2) is 46.3 Å². The lowest BCUT2D eigenvalue weighted by Crippen LogP contribution is -2.46. The molecular weight excluding hydrogens is 380 g/mol. The summed E-state index contributed by atoms with van der Waals surface area (Å²) in [4.78, 5) is 0. The number of hydrogen-bond donors (Lipinski definition) is 3. The number of ether oxygens (including phenoxy) is 2. The molecule has 0 aromatic heterocycles. The lowest BCUT2D eigenvalue weighted by Gasteiger charge is -2.36. The smallest absolute Gasteiger partial charge is 0.119 e. The van der Waals surface area contributed by atoms with Crippen LogP contribution < -0.4 is 4.74 Å². The monoisotopic (exact) mass is 404 g/mol. The van der Waals surface area contributed by atoms with Gasteiger partial charge in [-0.25, -0.2) is 0 Å². The Balaban J connectivity index is 1.56. The first-order chi connectivity index (χ1) is 13.5. The Morgan fingerprint density at radius 1 is 1.14 bits per heavy atom. The zero-order valence-electron chi connectivity index (χ0n) is 15.7. The third kappa shape index (κ3) is 3.53. The van der Waals surface area contributed by atoms with Crippen molar-refractivity contribution < 1.29 is 24.8 Å². The maximum absolute atomic E-state index is 10.5. The van der Waals surface area contributed by atoms with Gasteiger partial charge in [0, 0.05) is 10.9 Å². The summed E-state index contributed by atoms with van der Waals surface area (Å²) < 4.78 is 11.5. The molecule has 0 radical (unpaired) electrons. The van der Waals surface area contributed by atoms with E-state index in [4.69, 9.17) is 21.1 Å². The molecule has 1 aliphatic heterocycles. The quantitative estimate of drug-likeness (QED) is 0.690. The molecule has 6 heteroatoms. The van der Waals surface area contributed by atoms with E-state index in [2.05, 4.69) is 0 Å². The van der Waals surface area contributed by atoms with Gasteiger partial charge in [0.15, 0.2) is 0 Å². The van der Waals surface area contributed by atoms with Crippen LogP contribution in [0.25, 0.3) is 0 Å². The second kappa shape index (κ2) is 7.65. The van der Waals surface area contributed by atoms with Crippen molar-refractivity contribution in [3.8, 4) is 5.75 Å². The topological polar surface area (TPSA) is 79.2 Å². The van der Waals surface area contributed by atoms with Gasteiger partial charge in [0.1, 0.15) is 18.0 Å². The third-order valence-electron chi connectivity index (χ3n) is 5.81. The Labute approximate surface area is 169 Å². The van der Waals surface area contributed by atoms with E-state index >= 15 is 0 Å². The molecule has 2 fully saturated rings. The maximum Gasteiger partial charge on any atom is 0.119 e. The Bertz CT molecular complexity index is 839. The van der Waals surface area contributed by atoms with E-state index in [-0.39, 0.29) is 12.5 Å². The number of benzene rings is 2. The molecule has 150 valence electrons. The van der Waals surface area contributed by atoms with Crippen LogP contribution in [0.1, 0.15) is 36.1 Å². The first-order valence-corrected chi connectivity index (χ1v) is 10.00. The molecule has 2 aliphatic rings. The molecule has 1 saturated heterocycles. The number of rotatable bonds is 6. The summed E-state index contributed by atoms with van der Waals surface area (Å²) in [6, 6.07) is 13.4. The maximum atomic E-state index is 10.5. The highest BCUT2D eigenvalue weighted by atomic mass is 35.5. The highest BCUT2D eigenvalue weighted by Gasteiger charge is 2.65. The minimum absolute atomic E-state index is 0.162. The number of fused-ring (bicyclic) bond motifs is 1. The van der Waals surface area contributed by atoms with Gasteiger partial charge in [-0.3, -0.25) is 0 Å². The fourth-order valence-electron chi connectivity index (χ4n) is 4.10. The number of aliphatic hydroxyl groups excluding tert-OH is 3. The van der Waals surface area contributed by atoms with Crippen molar-refractivity contribution in [3.63, 3.8) is 0 Å². The number of hydrogen-bond acceptors (Lipinski definition) is 5. The van der Waals surface area contributed by atoms with Crippen LogP contribution in [0.15, 0.2) is 42.5 Å². The van der Waals surface area contributed by atoms with Crippen molar-refractivity contribution in [3.05, 3.63) is 64.2 Å². The Hall–Kier alpha value is -1.63. The third-order valence-corrected chi connectivity index (χ3v) is 6.18. The van der Waals surface area contributed by atoms with Gasteiger partial charge < -0.3 is 24.8 Å². The molecule has 5 nitrogen and oxygen atoms in total. The van der Waals surface area contributed by atoms with Crippen LogP contribution in [-0.2, 0) is 11.2 Å². The van der Waals surface area contributed by atoms with E-state index in [1.165, 1.54) is 0 Å². The normalized spacial score (nSPS) is 31.3.